The summed E-state index contributed by atoms with van der Waals surface area (Å²) in [6, 6.07) is 0.965. The zero-order valence-electron chi connectivity index (χ0n) is 11.3. The predicted molar refractivity (Wildman–Crippen MR) is 68.6 cm³/mol. The van der Waals surface area contributed by atoms with Crippen LogP contribution in [0.25, 0.3) is 0 Å². The van der Waals surface area contributed by atoms with E-state index in [1.54, 1.807) is 0 Å². The van der Waals surface area contributed by atoms with Gasteiger partial charge < -0.3 is 10.0 Å². The van der Waals surface area contributed by atoms with Crippen LogP contribution in [0.5, 0.6) is 0 Å². The molecule has 0 bridgehead atoms. The molecule has 0 spiro atoms. The van der Waals surface area contributed by atoms with Crippen LogP contribution in [0.2, 0.25) is 0 Å². The molecule has 0 aromatic heterocycles. The van der Waals surface area contributed by atoms with E-state index in [2.05, 4.69) is 37.6 Å². The van der Waals surface area contributed by atoms with E-state index >= 15 is 0 Å². The Morgan fingerprint density at radius 2 is 2.06 bits per heavy atom. The highest BCUT2D eigenvalue weighted by molar-refractivity contribution is 4.81. The molecule has 1 fully saturated rings. The van der Waals surface area contributed by atoms with Gasteiger partial charge in [0.1, 0.15) is 0 Å². The van der Waals surface area contributed by atoms with E-state index in [9.17, 15) is 5.11 Å². The van der Waals surface area contributed by atoms with Gasteiger partial charge >= 0.3 is 0 Å². The highest BCUT2D eigenvalue weighted by atomic mass is 16.3. The summed E-state index contributed by atoms with van der Waals surface area (Å²) in [5.74, 6) is 0.748. The standard InChI is InChI=1S/C13H28N2O/c1-11(2)5-7-15-8-6-12(3)14(4)9-13(15)10-16/h11-13,16H,5-10H2,1-4H3. The molecule has 3 heteroatoms. The lowest BCUT2D eigenvalue weighted by Crippen LogP contribution is -2.43. The SMILES string of the molecule is CC(C)CCN1CCC(C)N(C)CC1CO. The fourth-order valence-corrected chi connectivity index (χ4v) is 2.28. The lowest BCUT2D eigenvalue weighted by atomic mass is 10.1. The summed E-state index contributed by atoms with van der Waals surface area (Å²) in [6.45, 7) is 10.3. The van der Waals surface area contributed by atoms with Gasteiger partial charge in [0, 0.05) is 25.2 Å². The van der Waals surface area contributed by atoms with Crippen molar-refractivity contribution in [3.8, 4) is 0 Å². The van der Waals surface area contributed by atoms with Crippen molar-refractivity contribution in [2.45, 2.75) is 45.7 Å². The number of aliphatic hydroxyl groups excluding tert-OH is 1. The first-order chi connectivity index (χ1) is 7.54. The number of hydrogen-bond donors (Lipinski definition) is 1. The van der Waals surface area contributed by atoms with Crippen LogP contribution in [0.3, 0.4) is 0 Å². The Kier molecular flexibility index (Phi) is 5.73. The van der Waals surface area contributed by atoms with Crippen LogP contribution in [0, 0.1) is 5.92 Å². The summed E-state index contributed by atoms with van der Waals surface area (Å²) < 4.78 is 0. The third-order valence-electron chi connectivity index (χ3n) is 3.81. The highest BCUT2D eigenvalue weighted by Gasteiger charge is 2.25. The molecular weight excluding hydrogens is 200 g/mol. The number of likely N-dealkylation sites (N-methyl/N-ethyl adjacent to an activating group) is 1. The van der Waals surface area contributed by atoms with Gasteiger partial charge in [-0.05, 0) is 39.3 Å². The van der Waals surface area contributed by atoms with E-state index < -0.39 is 0 Å². The minimum absolute atomic E-state index is 0.287. The third kappa shape index (κ3) is 4.04. The van der Waals surface area contributed by atoms with Crippen LogP contribution in [0.4, 0.5) is 0 Å². The van der Waals surface area contributed by atoms with Crippen molar-refractivity contribution < 1.29 is 5.11 Å². The van der Waals surface area contributed by atoms with Crippen LogP contribution in [0.1, 0.15) is 33.6 Å². The second-order valence-electron chi connectivity index (χ2n) is 5.63. The molecule has 16 heavy (non-hydrogen) atoms. The minimum Gasteiger partial charge on any atom is -0.395 e. The molecular formula is C13H28N2O. The Morgan fingerprint density at radius 1 is 1.38 bits per heavy atom. The molecule has 3 nitrogen and oxygen atoms in total. The molecule has 0 aromatic carbocycles. The van der Waals surface area contributed by atoms with Crippen molar-refractivity contribution in [1.29, 1.82) is 0 Å². The zero-order chi connectivity index (χ0) is 12.1. The Bertz CT molecular complexity index is 194. The summed E-state index contributed by atoms with van der Waals surface area (Å²) in [4.78, 5) is 4.84. The second-order valence-corrected chi connectivity index (χ2v) is 5.63. The number of aliphatic hydroxyl groups is 1. The van der Waals surface area contributed by atoms with Gasteiger partial charge in [-0.2, -0.15) is 0 Å². The Morgan fingerprint density at radius 3 is 2.62 bits per heavy atom. The quantitative estimate of drug-likeness (QED) is 0.788. The fourth-order valence-electron chi connectivity index (χ4n) is 2.28. The molecule has 0 amide bonds. The van der Waals surface area contributed by atoms with Gasteiger partial charge in [-0.1, -0.05) is 13.8 Å². The topological polar surface area (TPSA) is 26.7 Å². The number of hydrogen-bond acceptors (Lipinski definition) is 3. The van der Waals surface area contributed by atoms with Gasteiger partial charge in [0.15, 0.2) is 0 Å². The van der Waals surface area contributed by atoms with Crippen LogP contribution in [0.15, 0.2) is 0 Å². The van der Waals surface area contributed by atoms with Gasteiger partial charge in [-0.3, -0.25) is 4.90 Å². The van der Waals surface area contributed by atoms with Crippen LogP contribution >= 0.6 is 0 Å². The smallest absolute Gasteiger partial charge is 0.0599 e. The molecule has 0 radical (unpaired) electrons. The van der Waals surface area contributed by atoms with Gasteiger partial charge in [-0.25, -0.2) is 0 Å². The van der Waals surface area contributed by atoms with E-state index in [1.807, 2.05) is 0 Å². The maximum absolute atomic E-state index is 9.49. The summed E-state index contributed by atoms with van der Waals surface area (Å²) >= 11 is 0. The van der Waals surface area contributed by atoms with Crippen LogP contribution in [-0.4, -0.2) is 60.3 Å². The summed E-state index contributed by atoms with van der Waals surface area (Å²) in [6.07, 6.45) is 2.44. The van der Waals surface area contributed by atoms with Crippen LogP contribution < -0.4 is 0 Å². The molecule has 2 unspecified atom stereocenters. The predicted octanol–water partition coefficient (Wildman–Crippen LogP) is 1.42. The molecule has 0 aromatic rings. The molecule has 1 aliphatic heterocycles. The molecule has 1 aliphatic rings. The van der Waals surface area contributed by atoms with E-state index in [-0.39, 0.29) is 6.61 Å². The number of nitrogens with zero attached hydrogens (tertiary/aromatic N) is 2. The first-order valence-electron chi connectivity index (χ1n) is 6.59. The molecule has 1 saturated heterocycles. The average molecular weight is 228 g/mol. The summed E-state index contributed by atoms with van der Waals surface area (Å²) in [5, 5.41) is 9.49. The third-order valence-corrected chi connectivity index (χ3v) is 3.81. The van der Waals surface area contributed by atoms with E-state index in [1.165, 1.54) is 12.8 Å². The molecule has 1 heterocycles. The molecule has 0 aliphatic carbocycles. The first-order valence-corrected chi connectivity index (χ1v) is 6.59. The van der Waals surface area contributed by atoms with Gasteiger partial charge in [0.2, 0.25) is 0 Å². The highest BCUT2D eigenvalue weighted by Crippen LogP contribution is 2.15. The van der Waals surface area contributed by atoms with E-state index in [0.717, 1.165) is 25.6 Å². The molecule has 0 saturated carbocycles. The Hall–Kier alpha value is -0.120. The Labute approximate surface area is 100 Å². The molecule has 1 N–H and O–H groups in total. The van der Waals surface area contributed by atoms with E-state index in [4.69, 9.17) is 0 Å². The molecule has 2 atom stereocenters. The first kappa shape index (κ1) is 13.9. The lowest BCUT2D eigenvalue weighted by Gasteiger charge is -2.30. The van der Waals surface area contributed by atoms with Crippen LogP contribution in [-0.2, 0) is 0 Å². The van der Waals surface area contributed by atoms with Crippen molar-refractivity contribution in [1.82, 2.24) is 9.80 Å². The fraction of sp³-hybridized carbons (Fsp3) is 1.00. The van der Waals surface area contributed by atoms with E-state index in [0.29, 0.717) is 12.1 Å². The summed E-state index contributed by atoms with van der Waals surface area (Å²) in [7, 11) is 2.17. The van der Waals surface area contributed by atoms with Gasteiger partial charge in [-0.15, -0.1) is 0 Å². The summed E-state index contributed by atoms with van der Waals surface area (Å²) in [5.41, 5.74) is 0. The second kappa shape index (κ2) is 6.58. The molecule has 96 valence electrons. The van der Waals surface area contributed by atoms with Crippen molar-refractivity contribution >= 4 is 0 Å². The van der Waals surface area contributed by atoms with Gasteiger partial charge in [0.25, 0.3) is 0 Å². The maximum Gasteiger partial charge on any atom is 0.0599 e. The van der Waals surface area contributed by atoms with Crippen molar-refractivity contribution in [2.24, 2.45) is 5.92 Å². The largest absolute Gasteiger partial charge is 0.395 e. The molecule has 1 rings (SSSR count). The Balaban J connectivity index is 2.52. The van der Waals surface area contributed by atoms with Crippen molar-refractivity contribution in [2.75, 3.05) is 33.3 Å². The van der Waals surface area contributed by atoms with Crippen molar-refractivity contribution in [3.63, 3.8) is 0 Å². The minimum atomic E-state index is 0.287. The van der Waals surface area contributed by atoms with Gasteiger partial charge in [0.05, 0.1) is 6.61 Å². The normalized spacial score (nSPS) is 29.6. The maximum atomic E-state index is 9.49. The number of rotatable bonds is 4. The van der Waals surface area contributed by atoms with Crippen molar-refractivity contribution in [3.05, 3.63) is 0 Å². The average Bonchev–Trinajstić information content (AvgIpc) is 2.37. The zero-order valence-corrected chi connectivity index (χ0v) is 11.3. The monoisotopic (exact) mass is 228 g/mol. The lowest BCUT2D eigenvalue weighted by molar-refractivity contribution is 0.110.